The van der Waals surface area contributed by atoms with Gasteiger partial charge < -0.3 is 9.67 Å². The number of likely N-dealkylation sites (tertiary alicyclic amines) is 1. The highest BCUT2D eigenvalue weighted by atomic mass is 79.9. The van der Waals surface area contributed by atoms with Gasteiger partial charge in [-0.2, -0.15) is 0 Å². The number of halogens is 2. The summed E-state index contributed by atoms with van der Waals surface area (Å²) in [7, 11) is 0. The van der Waals surface area contributed by atoms with E-state index in [0.29, 0.717) is 17.4 Å². The van der Waals surface area contributed by atoms with E-state index in [2.05, 4.69) is 98.5 Å². The molecule has 2 fully saturated rings. The van der Waals surface area contributed by atoms with Crippen molar-refractivity contribution in [2.45, 2.75) is 46.3 Å². The third-order valence-corrected chi connectivity index (χ3v) is 9.31. The third kappa shape index (κ3) is 3.28. The van der Waals surface area contributed by atoms with Gasteiger partial charge in [-0.3, -0.25) is 4.90 Å². The van der Waals surface area contributed by atoms with Crippen molar-refractivity contribution in [3.63, 3.8) is 0 Å². The highest BCUT2D eigenvalue weighted by Gasteiger charge is 2.55. The average molecular weight is 534 g/mol. The Bertz CT molecular complexity index is 1060. The Hall–Kier alpha value is -0.880. The number of aliphatic hydroxyl groups is 1. The van der Waals surface area contributed by atoms with Gasteiger partial charge in [-0.05, 0) is 66.0 Å². The Kier molecular flexibility index (Phi) is 5.13. The molecule has 2 aromatic carbocycles. The molecule has 3 nitrogen and oxygen atoms in total. The molecule has 1 aromatic heterocycles. The van der Waals surface area contributed by atoms with Crippen LogP contribution in [-0.4, -0.2) is 40.3 Å². The van der Waals surface area contributed by atoms with Crippen LogP contribution in [0.25, 0.3) is 21.8 Å². The smallest absolute Gasteiger partial charge is 0.0845 e. The summed E-state index contributed by atoms with van der Waals surface area (Å²) in [5.74, 6) is 0.742. The summed E-state index contributed by atoms with van der Waals surface area (Å²) in [6.45, 7) is 10.9. The van der Waals surface area contributed by atoms with Crippen LogP contribution in [0, 0.1) is 16.7 Å². The van der Waals surface area contributed by atoms with E-state index in [-0.39, 0.29) is 6.10 Å². The molecule has 1 saturated carbocycles. The van der Waals surface area contributed by atoms with Crippen molar-refractivity contribution >= 4 is 53.7 Å². The van der Waals surface area contributed by atoms with Crippen LogP contribution in [0.1, 0.15) is 33.6 Å². The lowest BCUT2D eigenvalue weighted by Gasteiger charge is -2.50. The van der Waals surface area contributed by atoms with Gasteiger partial charge in [0.1, 0.15) is 0 Å². The third-order valence-electron chi connectivity index (χ3n) is 8.32. The van der Waals surface area contributed by atoms with E-state index in [1.165, 1.54) is 34.6 Å². The summed E-state index contributed by atoms with van der Waals surface area (Å²) in [5.41, 5.74) is 3.12. The van der Waals surface area contributed by atoms with Crippen molar-refractivity contribution in [3.05, 3.63) is 45.3 Å². The molecule has 2 heterocycles. The van der Waals surface area contributed by atoms with Crippen LogP contribution in [0.4, 0.5) is 0 Å². The van der Waals surface area contributed by atoms with E-state index in [1.807, 2.05) is 0 Å². The largest absolute Gasteiger partial charge is 0.390 e. The fourth-order valence-corrected chi connectivity index (χ4v) is 6.81. The fourth-order valence-electron chi connectivity index (χ4n) is 6.09. The number of aromatic nitrogens is 1. The molecule has 0 amide bonds. The molecule has 3 atom stereocenters. The lowest BCUT2D eigenvalue weighted by molar-refractivity contribution is -0.0345. The summed E-state index contributed by atoms with van der Waals surface area (Å²) in [6.07, 6.45) is 2.25. The minimum atomic E-state index is -0.389. The normalized spacial score (nSPS) is 27.2. The zero-order valence-electron chi connectivity index (χ0n) is 18.0. The van der Waals surface area contributed by atoms with Crippen molar-refractivity contribution in [2.24, 2.45) is 16.7 Å². The van der Waals surface area contributed by atoms with E-state index in [9.17, 15) is 5.11 Å². The Morgan fingerprint density at radius 3 is 2.17 bits per heavy atom. The SMILES string of the molecule is CC1(C)[C@H]2CC[C@]1(C)CN(C[C@H](O)Cn1c3ccc(Br)cc3c3cc(Br)ccc31)C2. The van der Waals surface area contributed by atoms with Crippen LogP contribution in [0.3, 0.4) is 0 Å². The van der Waals surface area contributed by atoms with Crippen LogP contribution in [0.5, 0.6) is 0 Å². The second kappa shape index (κ2) is 7.33. The summed E-state index contributed by atoms with van der Waals surface area (Å²) < 4.78 is 4.45. The molecule has 2 aliphatic rings. The zero-order valence-corrected chi connectivity index (χ0v) is 21.1. The zero-order chi connectivity index (χ0) is 21.3. The van der Waals surface area contributed by atoms with Gasteiger partial charge in [-0.25, -0.2) is 0 Å². The van der Waals surface area contributed by atoms with Gasteiger partial charge in [0.15, 0.2) is 0 Å². The first-order valence-electron chi connectivity index (χ1n) is 11.0. The van der Waals surface area contributed by atoms with Crippen molar-refractivity contribution in [1.29, 1.82) is 0 Å². The summed E-state index contributed by atoms with van der Waals surface area (Å²) in [5, 5.41) is 13.6. The quantitative estimate of drug-likeness (QED) is 0.418. The molecule has 5 heteroatoms. The van der Waals surface area contributed by atoms with Gasteiger partial charge in [-0.15, -0.1) is 0 Å². The van der Waals surface area contributed by atoms with Gasteiger partial charge in [0.05, 0.1) is 12.6 Å². The molecule has 0 unspecified atom stereocenters. The van der Waals surface area contributed by atoms with Gasteiger partial charge in [0.2, 0.25) is 0 Å². The summed E-state index contributed by atoms with van der Waals surface area (Å²) in [6, 6.07) is 12.8. The van der Waals surface area contributed by atoms with Crippen LogP contribution >= 0.6 is 31.9 Å². The highest BCUT2D eigenvalue weighted by molar-refractivity contribution is 9.10. The van der Waals surface area contributed by atoms with Crippen LogP contribution in [0.15, 0.2) is 45.3 Å². The van der Waals surface area contributed by atoms with Crippen molar-refractivity contribution in [2.75, 3.05) is 19.6 Å². The Morgan fingerprint density at radius 1 is 1.00 bits per heavy atom. The Morgan fingerprint density at radius 2 is 1.60 bits per heavy atom. The number of β-amino-alcohol motifs (C(OH)–C–C–N with tert-alkyl or cyclic N) is 1. The second-order valence-corrected chi connectivity index (χ2v) is 12.1. The monoisotopic (exact) mass is 532 g/mol. The van der Waals surface area contributed by atoms with Crippen LogP contribution in [0.2, 0.25) is 0 Å². The molecule has 160 valence electrons. The Labute approximate surface area is 195 Å². The fraction of sp³-hybridized carbons (Fsp3) is 0.520. The summed E-state index contributed by atoms with van der Waals surface area (Å²) >= 11 is 7.23. The van der Waals surface area contributed by atoms with Gasteiger partial charge in [0.25, 0.3) is 0 Å². The number of aliphatic hydroxyl groups excluding tert-OH is 1. The van der Waals surface area contributed by atoms with E-state index < -0.39 is 0 Å². The van der Waals surface area contributed by atoms with Crippen molar-refractivity contribution < 1.29 is 5.11 Å². The summed E-state index contributed by atoms with van der Waals surface area (Å²) in [4.78, 5) is 2.52. The van der Waals surface area contributed by atoms with E-state index in [0.717, 1.165) is 34.5 Å². The molecule has 0 radical (unpaired) electrons. The first kappa shape index (κ1) is 21.0. The van der Waals surface area contributed by atoms with Gasteiger partial charge >= 0.3 is 0 Å². The van der Waals surface area contributed by atoms with E-state index >= 15 is 0 Å². The molecule has 5 rings (SSSR count). The number of hydrogen-bond donors (Lipinski definition) is 1. The number of piperidine rings is 1. The lowest BCUT2D eigenvalue weighted by atomic mass is 9.63. The predicted molar refractivity (Wildman–Crippen MR) is 132 cm³/mol. The van der Waals surface area contributed by atoms with E-state index in [1.54, 1.807) is 0 Å². The molecule has 1 aliphatic carbocycles. The topological polar surface area (TPSA) is 28.4 Å². The Balaban J connectivity index is 1.42. The first-order valence-corrected chi connectivity index (χ1v) is 12.5. The number of nitrogens with zero attached hydrogens (tertiary/aromatic N) is 2. The average Bonchev–Trinajstić information content (AvgIpc) is 2.97. The molecule has 30 heavy (non-hydrogen) atoms. The number of rotatable bonds is 4. The minimum Gasteiger partial charge on any atom is -0.390 e. The van der Waals surface area contributed by atoms with Crippen LogP contribution in [-0.2, 0) is 6.54 Å². The van der Waals surface area contributed by atoms with Crippen molar-refractivity contribution in [3.8, 4) is 0 Å². The number of hydrogen-bond acceptors (Lipinski definition) is 2. The van der Waals surface area contributed by atoms with Gasteiger partial charge in [0, 0.05) is 50.4 Å². The molecule has 2 bridgehead atoms. The molecule has 3 aromatic rings. The maximum Gasteiger partial charge on any atom is 0.0845 e. The lowest BCUT2D eigenvalue weighted by Crippen LogP contribution is -2.53. The molecule has 1 saturated heterocycles. The highest BCUT2D eigenvalue weighted by Crippen LogP contribution is 2.58. The molecular formula is C25H30Br2N2O. The predicted octanol–water partition coefficient (Wildman–Crippen LogP) is 6.44. The standard InChI is InChI=1S/C25H30Br2N2O/c1-24(2)16-8-9-25(24,3)15-28(12-16)13-19(30)14-29-22-6-4-17(26)10-20(22)21-11-18(27)5-7-23(21)29/h4-7,10-11,16,19,30H,8-9,12-15H2,1-3H3/t16-,19-,25+/m0/s1. The van der Waals surface area contributed by atoms with Gasteiger partial charge in [-0.1, -0.05) is 52.6 Å². The van der Waals surface area contributed by atoms with Crippen LogP contribution < -0.4 is 0 Å². The maximum atomic E-state index is 11.1. The molecule has 1 N–H and O–H groups in total. The van der Waals surface area contributed by atoms with Crippen molar-refractivity contribution in [1.82, 2.24) is 9.47 Å². The molecule has 1 aliphatic heterocycles. The number of benzene rings is 2. The van der Waals surface area contributed by atoms with E-state index in [4.69, 9.17) is 0 Å². The molecular weight excluding hydrogens is 504 g/mol. The minimum absolute atomic E-state index is 0.362. The first-order chi connectivity index (χ1) is 14.2. The molecule has 0 spiro atoms. The number of fused-ring (bicyclic) bond motifs is 5. The maximum absolute atomic E-state index is 11.1. The second-order valence-electron chi connectivity index (χ2n) is 10.3.